The lowest BCUT2D eigenvalue weighted by atomic mass is 9.91. The standard InChI is InChI=1S/C11H18O5/c1-3-4-15-6-8-5-9(11(14)16-8)7(2)10(12)13/h7-9H,3-6H2,1-2H3,(H,12,13). The molecule has 1 N–H and O–H groups in total. The molecule has 0 spiro atoms. The van der Waals surface area contributed by atoms with Gasteiger partial charge in [-0.15, -0.1) is 0 Å². The van der Waals surface area contributed by atoms with Gasteiger partial charge in [-0.2, -0.15) is 0 Å². The Bertz CT molecular complexity index is 263. The van der Waals surface area contributed by atoms with Gasteiger partial charge in [-0.3, -0.25) is 9.59 Å². The minimum Gasteiger partial charge on any atom is -0.481 e. The van der Waals surface area contributed by atoms with Gasteiger partial charge in [-0.25, -0.2) is 0 Å². The minimum atomic E-state index is -0.961. The van der Waals surface area contributed by atoms with Gasteiger partial charge in [0, 0.05) is 13.0 Å². The first-order chi connectivity index (χ1) is 7.56. The third-order valence-electron chi connectivity index (χ3n) is 2.75. The first-order valence-electron chi connectivity index (χ1n) is 5.57. The molecule has 0 aromatic carbocycles. The summed E-state index contributed by atoms with van der Waals surface area (Å²) in [5, 5.41) is 8.82. The smallest absolute Gasteiger partial charge is 0.310 e. The van der Waals surface area contributed by atoms with E-state index < -0.39 is 23.8 Å². The summed E-state index contributed by atoms with van der Waals surface area (Å²) >= 11 is 0. The van der Waals surface area contributed by atoms with E-state index in [0.717, 1.165) is 6.42 Å². The van der Waals surface area contributed by atoms with Crippen LogP contribution in [-0.4, -0.2) is 36.4 Å². The van der Waals surface area contributed by atoms with Crippen LogP contribution >= 0.6 is 0 Å². The van der Waals surface area contributed by atoms with E-state index in [0.29, 0.717) is 19.6 Å². The highest BCUT2D eigenvalue weighted by Gasteiger charge is 2.40. The third kappa shape index (κ3) is 3.20. The molecule has 1 aliphatic heterocycles. The minimum absolute atomic E-state index is 0.286. The maximum atomic E-state index is 11.4. The average Bonchev–Trinajstić information content (AvgIpc) is 2.59. The lowest BCUT2D eigenvalue weighted by molar-refractivity contribution is -0.152. The Morgan fingerprint density at radius 2 is 2.38 bits per heavy atom. The number of carbonyl (C=O) groups is 2. The number of carboxylic acids is 1. The van der Waals surface area contributed by atoms with Crippen LogP contribution in [0.3, 0.4) is 0 Å². The number of esters is 1. The second-order valence-electron chi connectivity index (χ2n) is 4.10. The highest BCUT2D eigenvalue weighted by atomic mass is 16.6. The van der Waals surface area contributed by atoms with E-state index in [-0.39, 0.29) is 6.10 Å². The zero-order valence-electron chi connectivity index (χ0n) is 9.64. The van der Waals surface area contributed by atoms with Gasteiger partial charge in [0.15, 0.2) is 0 Å². The van der Waals surface area contributed by atoms with E-state index >= 15 is 0 Å². The summed E-state index contributed by atoms with van der Waals surface area (Å²) in [6.45, 7) is 4.52. The van der Waals surface area contributed by atoms with Crippen molar-refractivity contribution in [2.75, 3.05) is 13.2 Å². The number of carbonyl (C=O) groups excluding carboxylic acids is 1. The molecule has 0 bridgehead atoms. The Morgan fingerprint density at radius 1 is 1.69 bits per heavy atom. The number of cyclic esters (lactones) is 1. The van der Waals surface area contributed by atoms with E-state index in [1.165, 1.54) is 6.92 Å². The van der Waals surface area contributed by atoms with E-state index in [1.54, 1.807) is 0 Å². The molecule has 3 atom stereocenters. The Balaban J connectivity index is 2.41. The molecule has 1 aliphatic rings. The zero-order chi connectivity index (χ0) is 12.1. The number of hydrogen-bond acceptors (Lipinski definition) is 4. The second kappa shape index (κ2) is 5.84. The molecule has 1 rings (SSSR count). The molecule has 0 saturated carbocycles. The number of aliphatic carboxylic acids is 1. The van der Waals surface area contributed by atoms with Crippen LogP contribution in [0.5, 0.6) is 0 Å². The van der Waals surface area contributed by atoms with Crippen LogP contribution in [0.15, 0.2) is 0 Å². The fourth-order valence-corrected chi connectivity index (χ4v) is 1.72. The number of carboxylic acid groups (broad SMARTS) is 1. The quantitative estimate of drug-likeness (QED) is 0.545. The first-order valence-corrected chi connectivity index (χ1v) is 5.57. The van der Waals surface area contributed by atoms with Crippen LogP contribution in [0.1, 0.15) is 26.7 Å². The van der Waals surface area contributed by atoms with Crippen molar-refractivity contribution in [1.29, 1.82) is 0 Å². The molecular formula is C11H18O5. The van der Waals surface area contributed by atoms with E-state index in [9.17, 15) is 9.59 Å². The van der Waals surface area contributed by atoms with Crippen molar-refractivity contribution in [3.05, 3.63) is 0 Å². The van der Waals surface area contributed by atoms with E-state index in [2.05, 4.69) is 0 Å². The lowest BCUT2D eigenvalue weighted by Crippen LogP contribution is -2.24. The second-order valence-corrected chi connectivity index (χ2v) is 4.10. The van der Waals surface area contributed by atoms with Crippen LogP contribution in [0.25, 0.3) is 0 Å². The summed E-state index contributed by atoms with van der Waals surface area (Å²) in [7, 11) is 0. The molecule has 0 aromatic rings. The summed E-state index contributed by atoms with van der Waals surface area (Å²) in [5.74, 6) is -2.60. The molecule has 0 aliphatic carbocycles. The van der Waals surface area contributed by atoms with Gasteiger partial charge in [0.05, 0.1) is 18.4 Å². The van der Waals surface area contributed by atoms with Gasteiger partial charge in [-0.1, -0.05) is 13.8 Å². The van der Waals surface area contributed by atoms with Gasteiger partial charge >= 0.3 is 11.9 Å². The number of ether oxygens (including phenoxy) is 2. The molecule has 5 heteroatoms. The molecule has 5 nitrogen and oxygen atoms in total. The van der Waals surface area contributed by atoms with Crippen molar-refractivity contribution in [2.24, 2.45) is 11.8 Å². The van der Waals surface area contributed by atoms with Crippen molar-refractivity contribution in [2.45, 2.75) is 32.8 Å². The molecule has 3 unspecified atom stereocenters. The largest absolute Gasteiger partial charge is 0.481 e. The fourth-order valence-electron chi connectivity index (χ4n) is 1.72. The predicted octanol–water partition coefficient (Wildman–Crippen LogP) is 1.07. The molecule has 1 saturated heterocycles. The van der Waals surface area contributed by atoms with Crippen LogP contribution in [-0.2, 0) is 19.1 Å². The van der Waals surface area contributed by atoms with E-state index in [4.69, 9.17) is 14.6 Å². The fraction of sp³-hybridized carbons (Fsp3) is 0.818. The van der Waals surface area contributed by atoms with Gasteiger partial charge in [0.2, 0.25) is 0 Å². The summed E-state index contributed by atoms with van der Waals surface area (Å²) in [4.78, 5) is 22.2. The molecule has 92 valence electrons. The summed E-state index contributed by atoms with van der Waals surface area (Å²) in [6.07, 6.45) is 1.07. The van der Waals surface area contributed by atoms with Gasteiger partial charge in [0.25, 0.3) is 0 Å². The molecule has 0 amide bonds. The van der Waals surface area contributed by atoms with Crippen molar-refractivity contribution in [1.82, 2.24) is 0 Å². The Labute approximate surface area is 94.7 Å². The van der Waals surface area contributed by atoms with Crippen molar-refractivity contribution in [3.8, 4) is 0 Å². The summed E-state index contributed by atoms with van der Waals surface area (Å²) in [5.41, 5.74) is 0. The topological polar surface area (TPSA) is 72.8 Å². The lowest BCUT2D eigenvalue weighted by Gasteiger charge is -2.10. The average molecular weight is 230 g/mol. The Kier molecular flexibility index (Phi) is 4.73. The van der Waals surface area contributed by atoms with Crippen LogP contribution < -0.4 is 0 Å². The monoisotopic (exact) mass is 230 g/mol. The highest BCUT2D eigenvalue weighted by molar-refractivity contribution is 5.82. The van der Waals surface area contributed by atoms with Crippen molar-refractivity contribution in [3.63, 3.8) is 0 Å². The van der Waals surface area contributed by atoms with Gasteiger partial charge < -0.3 is 14.6 Å². The SMILES string of the molecule is CCCOCC1CC(C(C)C(=O)O)C(=O)O1. The molecule has 1 fully saturated rings. The van der Waals surface area contributed by atoms with Crippen LogP contribution in [0.4, 0.5) is 0 Å². The molecule has 16 heavy (non-hydrogen) atoms. The summed E-state index contributed by atoms with van der Waals surface area (Å²) in [6, 6.07) is 0. The Hall–Kier alpha value is -1.10. The molecule has 0 aromatic heterocycles. The van der Waals surface area contributed by atoms with Crippen LogP contribution in [0.2, 0.25) is 0 Å². The maximum absolute atomic E-state index is 11.4. The molecule has 1 heterocycles. The van der Waals surface area contributed by atoms with Gasteiger partial charge in [-0.05, 0) is 6.42 Å². The molecular weight excluding hydrogens is 212 g/mol. The molecule has 0 radical (unpaired) electrons. The predicted molar refractivity (Wildman–Crippen MR) is 55.9 cm³/mol. The third-order valence-corrected chi connectivity index (χ3v) is 2.75. The Morgan fingerprint density at radius 3 is 2.94 bits per heavy atom. The zero-order valence-corrected chi connectivity index (χ0v) is 9.64. The number of rotatable bonds is 6. The maximum Gasteiger partial charge on any atom is 0.310 e. The van der Waals surface area contributed by atoms with E-state index in [1.807, 2.05) is 6.92 Å². The number of hydrogen-bond donors (Lipinski definition) is 1. The normalized spacial score (nSPS) is 26.5. The summed E-state index contributed by atoms with van der Waals surface area (Å²) < 4.78 is 10.3. The van der Waals surface area contributed by atoms with Crippen molar-refractivity contribution >= 4 is 11.9 Å². The first kappa shape index (κ1) is 13.0. The van der Waals surface area contributed by atoms with Crippen molar-refractivity contribution < 1.29 is 24.2 Å². The van der Waals surface area contributed by atoms with Crippen LogP contribution in [0, 0.1) is 11.8 Å². The van der Waals surface area contributed by atoms with Gasteiger partial charge in [0.1, 0.15) is 6.10 Å². The highest BCUT2D eigenvalue weighted by Crippen LogP contribution is 2.28.